The second-order valence-corrected chi connectivity index (χ2v) is 7.34. The lowest BCUT2D eigenvalue weighted by molar-refractivity contribution is 0.295. The molecule has 1 fully saturated rings. The predicted molar refractivity (Wildman–Crippen MR) is 90.8 cm³/mol. The van der Waals surface area contributed by atoms with E-state index in [2.05, 4.69) is 44.9 Å². The predicted octanol–water partition coefficient (Wildman–Crippen LogP) is 2.95. The molecule has 2 unspecified atom stereocenters. The van der Waals surface area contributed by atoms with Crippen molar-refractivity contribution in [2.24, 2.45) is 11.7 Å². The summed E-state index contributed by atoms with van der Waals surface area (Å²) in [5, 5.41) is 0. The minimum atomic E-state index is 0.0682. The van der Waals surface area contributed by atoms with Gasteiger partial charge in [0.15, 0.2) is 11.5 Å². The molecular weight excluding hydrogens is 276 g/mol. The minimum Gasteiger partial charge on any atom is -0.493 e. The van der Waals surface area contributed by atoms with Gasteiger partial charge in [-0.05, 0) is 49.0 Å². The fourth-order valence-corrected chi connectivity index (χ4v) is 3.31. The van der Waals surface area contributed by atoms with Gasteiger partial charge >= 0.3 is 0 Å². The summed E-state index contributed by atoms with van der Waals surface area (Å²) in [6, 6.07) is 4.71. The first-order chi connectivity index (χ1) is 10.3. The smallest absolute Gasteiger partial charge is 0.165 e. The van der Waals surface area contributed by atoms with E-state index in [4.69, 9.17) is 15.2 Å². The molecule has 0 saturated carbocycles. The first kappa shape index (κ1) is 17.1. The molecule has 0 radical (unpaired) electrons. The summed E-state index contributed by atoms with van der Waals surface area (Å²) in [5.74, 6) is 2.21. The Kier molecular flexibility index (Phi) is 5.03. The normalized spacial score (nSPS) is 22.9. The van der Waals surface area contributed by atoms with Gasteiger partial charge in [-0.1, -0.05) is 20.8 Å². The number of likely N-dealkylation sites (tertiary alicyclic amines) is 1. The lowest BCUT2D eigenvalue weighted by Gasteiger charge is -2.27. The Morgan fingerprint density at radius 3 is 2.36 bits per heavy atom. The molecule has 124 valence electrons. The van der Waals surface area contributed by atoms with Crippen molar-refractivity contribution in [3.63, 3.8) is 0 Å². The highest BCUT2D eigenvalue weighted by Crippen LogP contribution is 2.44. The number of nitrogens with two attached hydrogens (primary N) is 1. The summed E-state index contributed by atoms with van der Waals surface area (Å²) in [6.45, 7) is 8.43. The number of benzene rings is 1. The van der Waals surface area contributed by atoms with E-state index < -0.39 is 0 Å². The van der Waals surface area contributed by atoms with Crippen LogP contribution < -0.4 is 15.2 Å². The Labute approximate surface area is 134 Å². The van der Waals surface area contributed by atoms with Gasteiger partial charge in [0, 0.05) is 18.2 Å². The van der Waals surface area contributed by atoms with Crippen molar-refractivity contribution in [3.05, 3.63) is 23.3 Å². The molecule has 2 N–H and O–H groups in total. The molecule has 1 aromatic rings. The van der Waals surface area contributed by atoms with Gasteiger partial charge in [0.1, 0.15) is 0 Å². The van der Waals surface area contributed by atoms with Crippen molar-refractivity contribution in [1.82, 2.24) is 4.90 Å². The van der Waals surface area contributed by atoms with Crippen LogP contribution >= 0.6 is 0 Å². The maximum Gasteiger partial charge on any atom is 0.165 e. The highest BCUT2D eigenvalue weighted by molar-refractivity contribution is 5.52. The first-order valence-corrected chi connectivity index (χ1v) is 7.98. The Bertz CT molecular complexity index is 523. The first-order valence-electron chi connectivity index (χ1n) is 7.98. The highest BCUT2D eigenvalue weighted by atomic mass is 16.5. The van der Waals surface area contributed by atoms with E-state index in [1.54, 1.807) is 14.2 Å². The van der Waals surface area contributed by atoms with Crippen LogP contribution in [-0.2, 0) is 5.41 Å². The standard InChI is InChI=1S/C18H30N2O2/c1-18(2,3)13-8-14(17(22-6)16(9-13)21-5)15-7-12(10-19)11-20(15)4/h8-9,12,15H,7,10-11,19H2,1-6H3. The van der Waals surface area contributed by atoms with Crippen LogP contribution in [0, 0.1) is 5.92 Å². The van der Waals surface area contributed by atoms with Crippen molar-refractivity contribution in [3.8, 4) is 11.5 Å². The van der Waals surface area contributed by atoms with Crippen LogP contribution in [-0.4, -0.2) is 39.3 Å². The van der Waals surface area contributed by atoms with Gasteiger partial charge in [0.2, 0.25) is 0 Å². The molecule has 4 nitrogen and oxygen atoms in total. The molecule has 0 amide bonds. The zero-order chi connectivity index (χ0) is 16.5. The van der Waals surface area contributed by atoms with E-state index in [1.165, 1.54) is 11.1 Å². The number of hydrogen-bond donors (Lipinski definition) is 1. The topological polar surface area (TPSA) is 47.7 Å². The monoisotopic (exact) mass is 306 g/mol. The molecule has 4 heteroatoms. The Hall–Kier alpha value is -1.26. The molecule has 0 aliphatic carbocycles. The van der Waals surface area contributed by atoms with E-state index in [0.29, 0.717) is 12.0 Å². The quantitative estimate of drug-likeness (QED) is 0.929. The molecule has 1 saturated heterocycles. The van der Waals surface area contributed by atoms with Crippen LogP contribution in [0.15, 0.2) is 12.1 Å². The molecule has 2 atom stereocenters. The molecule has 0 bridgehead atoms. The number of rotatable bonds is 4. The Morgan fingerprint density at radius 1 is 1.23 bits per heavy atom. The van der Waals surface area contributed by atoms with Crippen molar-refractivity contribution < 1.29 is 9.47 Å². The maximum absolute atomic E-state index is 5.88. The van der Waals surface area contributed by atoms with Crippen molar-refractivity contribution in [2.45, 2.75) is 38.6 Å². The Morgan fingerprint density at radius 2 is 1.91 bits per heavy atom. The van der Waals surface area contributed by atoms with Gasteiger partial charge in [-0.15, -0.1) is 0 Å². The summed E-state index contributed by atoms with van der Waals surface area (Å²) in [6.07, 6.45) is 1.07. The van der Waals surface area contributed by atoms with Crippen LogP contribution in [0.5, 0.6) is 11.5 Å². The van der Waals surface area contributed by atoms with Gasteiger partial charge < -0.3 is 15.2 Å². The third-order valence-electron chi connectivity index (χ3n) is 4.70. The molecule has 0 aromatic heterocycles. The van der Waals surface area contributed by atoms with Crippen LogP contribution in [0.25, 0.3) is 0 Å². The molecule has 1 heterocycles. The second-order valence-electron chi connectivity index (χ2n) is 7.34. The third kappa shape index (κ3) is 3.23. The lowest BCUT2D eigenvalue weighted by Crippen LogP contribution is -2.21. The molecule has 2 rings (SSSR count). The third-order valence-corrected chi connectivity index (χ3v) is 4.70. The maximum atomic E-state index is 5.88. The SMILES string of the molecule is COc1cc(C(C)(C)C)cc(C2CC(CN)CN2C)c1OC. The number of nitrogens with zero attached hydrogens (tertiary/aromatic N) is 1. The van der Waals surface area contributed by atoms with Crippen LogP contribution in [0.2, 0.25) is 0 Å². The zero-order valence-corrected chi connectivity index (χ0v) is 14.8. The van der Waals surface area contributed by atoms with Crippen LogP contribution in [0.3, 0.4) is 0 Å². The molecule has 1 aliphatic rings. The summed E-state index contributed by atoms with van der Waals surface area (Å²) < 4.78 is 11.3. The molecule has 1 aliphatic heterocycles. The molecule has 22 heavy (non-hydrogen) atoms. The van der Waals surface area contributed by atoms with Crippen molar-refractivity contribution in [1.29, 1.82) is 0 Å². The number of hydrogen-bond acceptors (Lipinski definition) is 4. The van der Waals surface area contributed by atoms with Crippen molar-refractivity contribution in [2.75, 3.05) is 34.4 Å². The average Bonchev–Trinajstić information content (AvgIpc) is 2.85. The van der Waals surface area contributed by atoms with Crippen molar-refractivity contribution >= 4 is 0 Å². The largest absolute Gasteiger partial charge is 0.493 e. The van der Waals surface area contributed by atoms with Gasteiger partial charge in [0.25, 0.3) is 0 Å². The number of methoxy groups -OCH3 is 2. The summed E-state index contributed by atoms with van der Waals surface area (Å²) >= 11 is 0. The van der Waals surface area contributed by atoms with Gasteiger partial charge in [-0.3, -0.25) is 4.90 Å². The van der Waals surface area contributed by atoms with E-state index in [0.717, 1.165) is 31.0 Å². The van der Waals surface area contributed by atoms with E-state index in [1.807, 2.05) is 0 Å². The fourth-order valence-electron chi connectivity index (χ4n) is 3.31. The summed E-state index contributed by atoms with van der Waals surface area (Å²) in [4.78, 5) is 2.38. The minimum absolute atomic E-state index is 0.0682. The molecular formula is C18H30N2O2. The van der Waals surface area contributed by atoms with E-state index in [9.17, 15) is 0 Å². The second kappa shape index (κ2) is 6.47. The number of ether oxygens (including phenoxy) is 2. The van der Waals surface area contributed by atoms with Gasteiger partial charge in [0.05, 0.1) is 14.2 Å². The zero-order valence-electron chi connectivity index (χ0n) is 14.8. The van der Waals surface area contributed by atoms with Gasteiger partial charge in [-0.2, -0.15) is 0 Å². The summed E-state index contributed by atoms with van der Waals surface area (Å²) in [7, 11) is 5.58. The summed E-state index contributed by atoms with van der Waals surface area (Å²) in [5.41, 5.74) is 8.43. The van der Waals surface area contributed by atoms with Gasteiger partial charge in [-0.25, -0.2) is 0 Å². The van der Waals surface area contributed by atoms with E-state index in [-0.39, 0.29) is 5.41 Å². The molecule has 0 spiro atoms. The van der Waals surface area contributed by atoms with E-state index >= 15 is 0 Å². The fraction of sp³-hybridized carbons (Fsp3) is 0.667. The Balaban J connectivity index is 2.53. The van der Waals surface area contributed by atoms with Crippen LogP contribution in [0.1, 0.15) is 44.4 Å². The van der Waals surface area contributed by atoms with Crippen LogP contribution in [0.4, 0.5) is 0 Å². The highest BCUT2D eigenvalue weighted by Gasteiger charge is 2.33. The molecule has 1 aromatic carbocycles. The average molecular weight is 306 g/mol. The lowest BCUT2D eigenvalue weighted by atomic mass is 9.84.